The van der Waals surface area contributed by atoms with E-state index >= 15 is 0 Å². The topological polar surface area (TPSA) is 90.2 Å². The molecule has 1 aliphatic heterocycles. The van der Waals surface area contributed by atoms with Crippen LogP contribution in [0.5, 0.6) is 0 Å². The largest absolute Gasteiger partial charge is 0.390 e. The molecule has 0 radical (unpaired) electrons. The molecule has 1 heterocycles. The van der Waals surface area contributed by atoms with Crippen molar-refractivity contribution in [1.82, 2.24) is 0 Å². The average molecular weight is 310 g/mol. The van der Waals surface area contributed by atoms with E-state index in [0.29, 0.717) is 6.42 Å². The summed E-state index contributed by atoms with van der Waals surface area (Å²) >= 11 is 0. The summed E-state index contributed by atoms with van der Waals surface area (Å²) in [5.41, 5.74) is 0.805. The minimum absolute atomic E-state index is 0.224. The van der Waals surface area contributed by atoms with Gasteiger partial charge < -0.3 is 24.7 Å². The fraction of sp³-hybridized carbons (Fsp3) is 0.467. The third-order valence-corrected chi connectivity index (χ3v) is 3.99. The Morgan fingerprint density at radius 2 is 1.90 bits per heavy atom. The fourth-order valence-corrected chi connectivity index (χ4v) is 2.71. The summed E-state index contributed by atoms with van der Waals surface area (Å²) in [5, 5.41) is 19.8. The van der Waals surface area contributed by atoms with Gasteiger partial charge in [-0.05, 0) is 18.6 Å². The minimum Gasteiger partial charge on any atom is -0.390 e. The summed E-state index contributed by atoms with van der Waals surface area (Å²) in [7, 11) is -1.97. The van der Waals surface area contributed by atoms with Gasteiger partial charge in [0.15, 0.2) is 8.38 Å². The van der Waals surface area contributed by atoms with Crippen LogP contribution in [0.3, 0.4) is 0 Å². The molecule has 1 aromatic rings. The smallest absolute Gasteiger partial charge is 0.165 e. The zero-order valence-corrected chi connectivity index (χ0v) is 12.4. The Morgan fingerprint density at radius 3 is 2.57 bits per heavy atom. The predicted octanol–water partition coefficient (Wildman–Crippen LogP) is 0.604. The first kappa shape index (κ1) is 16.4. The molecule has 0 amide bonds. The predicted molar refractivity (Wildman–Crippen MR) is 79.5 cm³/mol. The Hall–Kier alpha value is -0.990. The van der Waals surface area contributed by atoms with E-state index < -0.39 is 26.7 Å². The van der Waals surface area contributed by atoms with E-state index in [1.54, 1.807) is 0 Å². The van der Waals surface area contributed by atoms with Crippen LogP contribution in [0.25, 0.3) is 0 Å². The van der Waals surface area contributed by atoms with Gasteiger partial charge in [0.05, 0.1) is 12.2 Å². The third kappa shape index (κ3) is 5.05. The molecule has 1 fully saturated rings. The number of hydrogen-bond acceptors (Lipinski definition) is 5. The van der Waals surface area contributed by atoms with E-state index in [0.717, 1.165) is 5.56 Å². The quantitative estimate of drug-likeness (QED) is 0.485. The van der Waals surface area contributed by atoms with Crippen molar-refractivity contribution in [2.45, 2.75) is 37.3 Å². The lowest BCUT2D eigenvalue weighted by atomic mass is 9.96. The second-order valence-corrected chi connectivity index (χ2v) is 6.18. The van der Waals surface area contributed by atoms with E-state index in [1.165, 1.54) is 0 Å². The molecule has 0 bridgehead atoms. The van der Waals surface area contributed by atoms with Crippen molar-refractivity contribution >= 4 is 8.38 Å². The summed E-state index contributed by atoms with van der Waals surface area (Å²) in [6.07, 6.45) is -2.16. The third-order valence-electron chi connectivity index (χ3n) is 3.33. The molecule has 0 aromatic heterocycles. The number of ether oxygens (including phenoxy) is 1. The van der Waals surface area contributed by atoms with Gasteiger partial charge >= 0.3 is 0 Å². The molecule has 4 N–H and O–H groups in total. The van der Waals surface area contributed by atoms with Crippen LogP contribution in [0, 0.1) is 11.8 Å². The van der Waals surface area contributed by atoms with Crippen molar-refractivity contribution in [2.24, 2.45) is 0 Å². The van der Waals surface area contributed by atoms with Gasteiger partial charge in [-0.3, -0.25) is 0 Å². The van der Waals surface area contributed by atoms with Crippen molar-refractivity contribution in [3.05, 3.63) is 35.9 Å². The maximum atomic E-state index is 9.94. The maximum Gasteiger partial charge on any atom is 0.165 e. The van der Waals surface area contributed by atoms with Crippen molar-refractivity contribution in [3.63, 3.8) is 0 Å². The van der Waals surface area contributed by atoms with Gasteiger partial charge in [0, 0.05) is 18.1 Å². The molecule has 114 valence electrons. The Labute approximate surface area is 125 Å². The van der Waals surface area contributed by atoms with Crippen LogP contribution in [0.4, 0.5) is 0 Å². The van der Waals surface area contributed by atoms with Crippen molar-refractivity contribution in [3.8, 4) is 11.8 Å². The molecule has 6 heteroatoms. The molecular weight excluding hydrogens is 291 g/mol. The number of hydrogen-bond donors (Lipinski definition) is 4. The lowest BCUT2D eigenvalue weighted by Gasteiger charge is -2.34. The summed E-state index contributed by atoms with van der Waals surface area (Å²) in [6.45, 7) is 0. The van der Waals surface area contributed by atoms with Gasteiger partial charge in [-0.1, -0.05) is 30.0 Å². The van der Waals surface area contributed by atoms with Gasteiger partial charge in [-0.15, -0.1) is 0 Å². The highest BCUT2D eigenvalue weighted by Gasteiger charge is 2.35. The van der Waals surface area contributed by atoms with Crippen molar-refractivity contribution in [1.29, 1.82) is 0 Å². The van der Waals surface area contributed by atoms with Gasteiger partial charge in [0.2, 0.25) is 0 Å². The second-order valence-electron chi connectivity index (χ2n) is 4.99. The first-order valence-electron chi connectivity index (χ1n) is 6.79. The average Bonchev–Trinajstić information content (AvgIpc) is 2.48. The van der Waals surface area contributed by atoms with Crippen LogP contribution in [0.2, 0.25) is 0 Å². The Kier molecular flexibility index (Phi) is 6.13. The SMILES string of the molecule is OC1CC(CCP(O)O)OC(C#Cc2ccccc2)C1O. The zero-order chi connectivity index (χ0) is 15.2. The Morgan fingerprint density at radius 1 is 1.19 bits per heavy atom. The monoisotopic (exact) mass is 310 g/mol. The molecule has 4 atom stereocenters. The molecule has 4 unspecified atom stereocenters. The number of rotatable bonds is 3. The Bertz CT molecular complexity index is 496. The minimum atomic E-state index is -1.97. The highest BCUT2D eigenvalue weighted by Crippen LogP contribution is 2.29. The summed E-state index contributed by atoms with van der Waals surface area (Å²) in [4.78, 5) is 17.9. The fourth-order valence-electron chi connectivity index (χ4n) is 2.19. The van der Waals surface area contributed by atoms with Crippen LogP contribution in [0.15, 0.2) is 30.3 Å². The van der Waals surface area contributed by atoms with Crippen molar-refractivity contribution in [2.75, 3.05) is 6.16 Å². The zero-order valence-electron chi connectivity index (χ0n) is 11.5. The molecule has 1 saturated heterocycles. The standard InChI is InChI=1S/C15H19O5P/c16-13-10-12(8-9-21(18)19)20-14(15(13)17)7-6-11-4-2-1-3-5-11/h1-5,12-19H,8-10H2. The molecule has 1 aliphatic rings. The first-order chi connectivity index (χ1) is 10.1. The van der Waals surface area contributed by atoms with E-state index in [2.05, 4.69) is 11.8 Å². The van der Waals surface area contributed by atoms with Gasteiger partial charge in [-0.2, -0.15) is 0 Å². The first-order valence-corrected chi connectivity index (χ1v) is 8.23. The van der Waals surface area contributed by atoms with E-state index in [-0.39, 0.29) is 18.7 Å². The van der Waals surface area contributed by atoms with Gasteiger partial charge in [-0.25, -0.2) is 0 Å². The van der Waals surface area contributed by atoms with E-state index in [4.69, 9.17) is 14.5 Å². The molecule has 5 nitrogen and oxygen atoms in total. The molecular formula is C15H19O5P. The van der Waals surface area contributed by atoms with Gasteiger partial charge in [0.25, 0.3) is 0 Å². The van der Waals surface area contributed by atoms with Crippen LogP contribution < -0.4 is 0 Å². The maximum absolute atomic E-state index is 9.94. The van der Waals surface area contributed by atoms with Crippen LogP contribution in [-0.2, 0) is 4.74 Å². The van der Waals surface area contributed by atoms with E-state index in [9.17, 15) is 10.2 Å². The van der Waals surface area contributed by atoms with Gasteiger partial charge in [0.1, 0.15) is 12.2 Å². The highest BCUT2D eigenvalue weighted by atomic mass is 31.2. The molecule has 0 aliphatic carbocycles. The van der Waals surface area contributed by atoms with Crippen LogP contribution >= 0.6 is 8.38 Å². The van der Waals surface area contributed by atoms with Crippen molar-refractivity contribution < 1.29 is 24.7 Å². The molecule has 21 heavy (non-hydrogen) atoms. The molecule has 0 saturated carbocycles. The lowest BCUT2D eigenvalue weighted by molar-refractivity contribution is -0.147. The molecule has 0 spiro atoms. The lowest BCUT2D eigenvalue weighted by Crippen LogP contribution is -2.47. The van der Waals surface area contributed by atoms with E-state index in [1.807, 2.05) is 30.3 Å². The number of aliphatic hydroxyl groups is 2. The Balaban J connectivity index is 2.01. The summed E-state index contributed by atoms with van der Waals surface area (Å²) in [5.74, 6) is 5.74. The number of aliphatic hydroxyl groups excluding tert-OH is 2. The summed E-state index contributed by atoms with van der Waals surface area (Å²) < 4.78 is 5.65. The van der Waals surface area contributed by atoms with Crippen LogP contribution in [0.1, 0.15) is 18.4 Å². The molecule has 2 rings (SSSR count). The molecule has 1 aromatic carbocycles. The number of benzene rings is 1. The van der Waals surface area contributed by atoms with Crippen LogP contribution in [-0.4, -0.2) is 50.6 Å². The normalized spacial score (nSPS) is 29.0. The highest BCUT2D eigenvalue weighted by molar-refractivity contribution is 7.45. The summed E-state index contributed by atoms with van der Waals surface area (Å²) in [6, 6.07) is 9.32. The second kappa shape index (κ2) is 7.86.